The number of rotatable bonds is 2. The van der Waals surface area contributed by atoms with Gasteiger partial charge in [-0.3, -0.25) is 0 Å². The van der Waals surface area contributed by atoms with Crippen LogP contribution in [0.5, 0.6) is 0 Å². The van der Waals surface area contributed by atoms with Gasteiger partial charge in [-0.15, -0.1) is 0 Å². The predicted octanol–water partition coefficient (Wildman–Crippen LogP) is 3.70. The Bertz CT molecular complexity index is 1060. The third-order valence-electron chi connectivity index (χ3n) is 4.57. The Labute approximate surface area is 132 Å². The summed E-state index contributed by atoms with van der Waals surface area (Å²) in [4.78, 5) is -1.22. The monoisotopic (exact) mass is 324 g/mol. The van der Waals surface area contributed by atoms with Crippen LogP contribution in [0, 0.1) is 0 Å². The van der Waals surface area contributed by atoms with Gasteiger partial charge in [-0.1, -0.05) is 36.4 Å². The first-order chi connectivity index (χ1) is 11.1. The first-order valence-corrected chi connectivity index (χ1v) is 8.79. The van der Waals surface area contributed by atoms with Crippen molar-refractivity contribution in [3.8, 4) is 0 Å². The molecule has 1 aromatic heterocycles. The van der Waals surface area contributed by atoms with Crippen LogP contribution in [0.1, 0.15) is 17.2 Å². The molecule has 0 saturated carbocycles. The van der Waals surface area contributed by atoms with E-state index in [9.17, 15) is 8.42 Å². The van der Waals surface area contributed by atoms with Gasteiger partial charge in [0.25, 0.3) is 0 Å². The van der Waals surface area contributed by atoms with Crippen molar-refractivity contribution in [2.45, 2.75) is 15.9 Å². The van der Waals surface area contributed by atoms with Gasteiger partial charge in [0.1, 0.15) is 11.7 Å². The zero-order chi connectivity index (χ0) is 15.7. The highest BCUT2D eigenvalue weighted by atomic mass is 32.2. The molecule has 0 spiro atoms. The number of hydrogen-bond donors (Lipinski definition) is 0. The largest absolute Gasteiger partial charge is 0.464 e. The molecule has 2 atom stereocenters. The molecule has 0 amide bonds. The second kappa shape index (κ2) is 4.13. The molecule has 0 fully saturated rings. The van der Waals surface area contributed by atoms with Crippen molar-refractivity contribution in [2.75, 3.05) is 0 Å². The second-order valence-electron chi connectivity index (χ2n) is 5.75. The molecule has 3 heterocycles. The van der Waals surface area contributed by atoms with E-state index >= 15 is 0 Å². The summed E-state index contributed by atoms with van der Waals surface area (Å²) in [6.45, 7) is 0. The molecular formula is C18H12O4S. The van der Waals surface area contributed by atoms with Crippen molar-refractivity contribution < 1.29 is 17.6 Å². The molecule has 2 aliphatic rings. The van der Waals surface area contributed by atoms with Crippen molar-refractivity contribution in [1.82, 2.24) is 0 Å². The normalized spacial score (nSPS) is 25.1. The maximum Gasteiger partial charge on any atom is 0.219 e. The molecule has 2 aliphatic heterocycles. The topological polar surface area (TPSA) is 56.5 Å². The molecule has 114 valence electrons. The molecule has 0 N–H and O–H groups in total. The quantitative estimate of drug-likeness (QED) is 0.675. The third-order valence-corrected chi connectivity index (χ3v) is 6.71. The number of fused-ring (bicyclic) bond motifs is 7. The molecule has 2 aromatic carbocycles. The molecule has 0 aliphatic carbocycles. The average molecular weight is 324 g/mol. The molecule has 5 rings (SSSR count). The number of ether oxygens (including phenoxy) is 1. The molecule has 4 nitrogen and oxygen atoms in total. The standard InChI is InChI=1S/C18H12O4S/c19-23(20,13-4-2-1-3-5-13)18-10-8-15(22-18)16-14(18)7-6-12-9-11-21-17(12)16/h1-11,15H. The van der Waals surface area contributed by atoms with Crippen molar-refractivity contribution >= 4 is 20.8 Å². The Balaban J connectivity index is 1.82. The lowest BCUT2D eigenvalue weighted by molar-refractivity contribution is 0.0555. The smallest absolute Gasteiger partial charge is 0.219 e. The fourth-order valence-corrected chi connectivity index (χ4v) is 5.32. The van der Waals surface area contributed by atoms with Gasteiger partial charge in [-0.2, -0.15) is 0 Å². The zero-order valence-corrected chi connectivity index (χ0v) is 12.8. The van der Waals surface area contributed by atoms with Gasteiger partial charge in [0.2, 0.25) is 14.8 Å². The van der Waals surface area contributed by atoms with Gasteiger partial charge < -0.3 is 9.15 Å². The third kappa shape index (κ3) is 1.46. The molecule has 2 unspecified atom stereocenters. The van der Waals surface area contributed by atoms with E-state index in [1.807, 2.05) is 18.2 Å². The summed E-state index contributed by atoms with van der Waals surface area (Å²) in [7, 11) is -3.72. The predicted molar refractivity (Wildman–Crippen MR) is 84.5 cm³/mol. The lowest BCUT2D eigenvalue weighted by Crippen LogP contribution is -2.32. The summed E-state index contributed by atoms with van der Waals surface area (Å²) in [5.74, 6) is 0. The van der Waals surface area contributed by atoms with Crippen LogP contribution in [0.4, 0.5) is 0 Å². The van der Waals surface area contributed by atoms with E-state index in [1.54, 1.807) is 48.7 Å². The first kappa shape index (κ1) is 13.1. The average Bonchev–Trinajstić information content (AvgIpc) is 3.29. The lowest BCUT2D eigenvalue weighted by Gasteiger charge is -2.24. The van der Waals surface area contributed by atoms with Crippen molar-refractivity contribution in [3.63, 3.8) is 0 Å². The maximum absolute atomic E-state index is 13.2. The van der Waals surface area contributed by atoms with Gasteiger partial charge in [0, 0.05) is 16.5 Å². The van der Waals surface area contributed by atoms with Crippen LogP contribution in [0.25, 0.3) is 11.0 Å². The fraction of sp³-hybridized carbons (Fsp3) is 0.111. The Hall–Kier alpha value is -2.37. The van der Waals surface area contributed by atoms with Gasteiger partial charge >= 0.3 is 0 Å². The minimum Gasteiger partial charge on any atom is -0.464 e. The van der Waals surface area contributed by atoms with E-state index in [4.69, 9.17) is 9.15 Å². The zero-order valence-electron chi connectivity index (χ0n) is 12.0. The molecule has 5 heteroatoms. The number of benzene rings is 2. The summed E-state index contributed by atoms with van der Waals surface area (Å²) < 4.78 is 38.0. The Morgan fingerprint density at radius 3 is 2.65 bits per heavy atom. The van der Waals surface area contributed by atoms with Gasteiger partial charge in [-0.25, -0.2) is 8.42 Å². The minimum atomic E-state index is -3.72. The maximum atomic E-state index is 13.2. The van der Waals surface area contributed by atoms with E-state index in [1.165, 1.54) is 0 Å². The lowest BCUT2D eigenvalue weighted by atomic mass is 9.95. The van der Waals surface area contributed by atoms with Crippen molar-refractivity contribution in [2.24, 2.45) is 0 Å². The van der Waals surface area contributed by atoms with Crippen molar-refractivity contribution in [1.29, 1.82) is 0 Å². The fourth-order valence-electron chi connectivity index (χ4n) is 3.50. The highest BCUT2D eigenvalue weighted by molar-refractivity contribution is 7.92. The van der Waals surface area contributed by atoms with Crippen LogP contribution >= 0.6 is 0 Å². The summed E-state index contributed by atoms with van der Waals surface area (Å²) in [5.41, 5.74) is 2.16. The van der Waals surface area contributed by atoms with E-state index in [-0.39, 0.29) is 4.90 Å². The van der Waals surface area contributed by atoms with Gasteiger partial charge in [-0.05, 0) is 24.3 Å². The molecule has 2 bridgehead atoms. The van der Waals surface area contributed by atoms with Crippen molar-refractivity contribution in [3.05, 3.63) is 78.1 Å². The number of sulfone groups is 1. The van der Waals surface area contributed by atoms with Crippen LogP contribution in [0.2, 0.25) is 0 Å². The van der Waals surface area contributed by atoms with E-state index in [2.05, 4.69) is 0 Å². The molecule has 0 radical (unpaired) electrons. The van der Waals surface area contributed by atoms with E-state index < -0.39 is 20.9 Å². The Morgan fingerprint density at radius 2 is 1.83 bits per heavy atom. The first-order valence-electron chi connectivity index (χ1n) is 7.31. The Morgan fingerprint density at radius 1 is 1.00 bits per heavy atom. The number of furan rings is 1. The van der Waals surface area contributed by atoms with E-state index in [0.29, 0.717) is 11.1 Å². The van der Waals surface area contributed by atoms with Crippen LogP contribution in [-0.2, 0) is 19.5 Å². The number of hydrogen-bond acceptors (Lipinski definition) is 4. The summed E-state index contributed by atoms with van der Waals surface area (Å²) in [6, 6.07) is 14.0. The molecule has 0 saturated heterocycles. The SMILES string of the molecule is O=S(=O)(c1ccccc1)C12C=CC(O1)c1c2ccc2ccoc12. The highest BCUT2D eigenvalue weighted by Gasteiger charge is 2.57. The van der Waals surface area contributed by atoms with Crippen LogP contribution in [0.15, 0.2) is 76.3 Å². The van der Waals surface area contributed by atoms with Gasteiger partial charge in [0.05, 0.1) is 11.2 Å². The van der Waals surface area contributed by atoms with Crippen LogP contribution in [-0.4, -0.2) is 8.42 Å². The van der Waals surface area contributed by atoms with Crippen LogP contribution in [0.3, 0.4) is 0 Å². The summed E-state index contributed by atoms with van der Waals surface area (Å²) in [5, 5.41) is 0.945. The second-order valence-corrected chi connectivity index (χ2v) is 7.83. The Kier molecular flexibility index (Phi) is 2.35. The minimum absolute atomic E-state index is 0.248. The highest BCUT2D eigenvalue weighted by Crippen LogP contribution is 2.56. The molecular weight excluding hydrogens is 312 g/mol. The summed E-state index contributed by atoms with van der Waals surface area (Å²) >= 11 is 0. The molecule has 3 aromatic rings. The van der Waals surface area contributed by atoms with Crippen LogP contribution < -0.4 is 0 Å². The summed E-state index contributed by atoms with van der Waals surface area (Å²) in [6.07, 6.45) is 4.67. The van der Waals surface area contributed by atoms with E-state index in [0.717, 1.165) is 10.9 Å². The van der Waals surface area contributed by atoms with Gasteiger partial charge in [0.15, 0.2) is 0 Å². The molecule has 23 heavy (non-hydrogen) atoms.